The number of hydrogen-bond acceptors (Lipinski definition) is 6. The van der Waals surface area contributed by atoms with Crippen molar-refractivity contribution in [2.45, 2.75) is 37.5 Å². The fraction of sp³-hybridized carbons (Fsp3) is 0.261. The Hall–Kier alpha value is -2.90. The molecule has 2 heterocycles. The summed E-state index contributed by atoms with van der Waals surface area (Å²) in [6.07, 6.45) is 0.989. The van der Waals surface area contributed by atoms with Crippen molar-refractivity contribution in [1.29, 1.82) is 0 Å². The number of rotatable bonds is 7. The molecule has 2 amide bonds. The number of aliphatic hydroxyl groups is 1. The first kappa shape index (κ1) is 20.4. The van der Waals surface area contributed by atoms with E-state index in [4.69, 9.17) is 4.42 Å². The van der Waals surface area contributed by atoms with E-state index in [1.54, 1.807) is 0 Å². The summed E-state index contributed by atoms with van der Waals surface area (Å²) in [6.45, 7) is 1.89. The van der Waals surface area contributed by atoms with Crippen LogP contribution in [0.15, 0.2) is 59.0 Å². The van der Waals surface area contributed by atoms with Gasteiger partial charge in [0.05, 0.1) is 17.0 Å². The highest BCUT2D eigenvalue weighted by Gasteiger charge is 2.31. The molecule has 3 aromatic rings. The van der Waals surface area contributed by atoms with E-state index in [0.29, 0.717) is 25.2 Å². The second-order valence-corrected chi connectivity index (χ2v) is 8.45. The zero-order chi connectivity index (χ0) is 21.1. The lowest BCUT2D eigenvalue weighted by molar-refractivity contribution is -0.118. The van der Waals surface area contributed by atoms with Crippen molar-refractivity contribution >= 4 is 22.9 Å². The molecule has 1 saturated heterocycles. The van der Waals surface area contributed by atoms with Crippen LogP contribution in [0, 0.1) is 6.92 Å². The summed E-state index contributed by atoms with van der Waals surface area (Å²) in [4.78, 5) is 27.6. The second-order valence-electron chi connectivity index (χ2n) is 7.27. The van der Waals surface area contributed by atoms with Gasteiger partial charge in [0, 0.05) is 5.56 Å². The summed E-state index contributed by atoms with van der Waals surface area (Å²) < 4.78 is 5.78. The summed E-state index contributed by atoms with van der Waals surface area (Å²) in [5.74, 6) is 1.11. The standard InChI is InChI=1S/C23H22N2O4S/c1-14-18(24-22(29-14)17-5-3-2-4-6-17)11-12-19(26)16-9-7-15(8-10-16)13-20-21(27)25-23(28)30-20/h2-10,19-20,26H,11-13H2,1H3,(H,25,27,28)/t19?,20-/m1/s1. The maximum absolute atomic E-state index is 11.7. The lowest BCUT2D eigenvalue weighted by atomic mass is 10.0. The van der Waals surface area contributed by atoms with Gasteiger partial charge in [-0.25, -0.2) is 4.98 Å². The highest BCUT2D eigenvalue weighted by Crippen LogP contribution is 2.26. The Bertz CT molecular complexity index is 1050. The monoisotopic (exact) mass is 422 g/mol. The number of benzene rings is 2. The maximum Gasteiger partial charge on any atom is 0.286 e. The van der Waals surface area contributed by atoms with Gasteiger partial charge >= 0.3 is 0 Å². The van der Waals surface area contributed by atoms with Crippen molar-refractivity contribution in [1.82, 2.24) is 10.3 Å². The van der Waals surface area contributed by atoms with Crippen LogP contribution in [0.2, 0.25) is 0 Å². The minimum absolute atomic E-state index is 0.244. The van der Waals surface area contributed by atoms with Crippen LogP contribution in [0.3, 0.4) is 0 Å². The molecule has 4 rings (SSSR count). The number of amides is 2. The SMILES string of the molecule is Cc1oc(-c2ccccc2)nc1CCC(O)c1ccc(C[C@H]2SC(=O)NC2=O)cc1. The number of imide groups is 1. The van der Waals surface area contributed by atoms with Crippen LogP contribution >= 0.6 is 11.8 Å². The largest absolute Gasteiger partial charge is 0.441 e. The number of oxazole rings is 1. The molecule has 154 valence electrons. The first-order chi connectivity index (χ1) is 14.5. The highest BCUT2D eigenvalue weighted by molar-refractivity contribution is 8.15. The summed E-state index contributed by atoms with van der Waals surface area (Å²) >= 11 is 1.02. The van der Waals surface area contributed by atoms with Gasteiger partial charge in [-0.2, -0.15) is 0 Å². The van der Waals surface area contributed by atoms with Crippen molar-refractivity contribution in [3.8, 4) is 11.5 Å². The average molecular weight is 423 g/mol. The van der Waals surface area contributed by atoms with Gasteiger partial charge < -0.3 is 9.52 Å². The molecule has 7 heteroatoms. The predicted octanol–water partition coefficient (Wildman–Crippen LogP) is 4.21. The van der Waals surface area contributed by atoms with E-state index in [1.807, 2.05) is 61.5 Å². The highest BCUT2D eigenvalue weighted by atomic mass is 32.2. The molecule has 0 bridgehead atoms. The molecule has 2 aromatic carbocycles. The number of carbonyl (C=O) groups excluding carboxylic acids is 2. The Morgan fingerprint density at radius 2 is 1.87 bits per heavy atom. The number of thioether (sulfide) groups is 1. The van der Waals surface area contributed by atoms with E-state index in [-0.39, 0.29) is 16.4 Å². The van der Waals surface area contributed by atoms with Crippen LogP contribution in [-0.2, 0) is 17.6 Å². The van der Waals surface area contributed by atoms with Crippen LogP contribution in [-0.4, -0.2) is 26.5 Å². The van der Waals surface area contributed by atoms with Crippen molar-refractivity contribution in [2.24, 2.45) is 0 Å². The van der Waals surface area contributed by atoms with E-state index in [2.05, 4.69) is 10.3 Å². The molecule has 1 unspecified atom stereocenters. The molecule has 1 fully saturated rings. The number of carbonyl (C=O) groups is 2. The van der Waals surface area contributed by atoms with Gasteiger partial charge in [0.15, 0.2) is 0 Å². The smallest absolute Gasteiger partial charge is 0.286 e. The molecule has 0 saturated carbocycles. The zero-order valence-corrected chi connectivity index (χ0v) is 17.3. The Morgan fingerprint density at radius 1 is 1.13 bits per heavy atom. The van der Waals surface area contributed by atoms with Crippen molar-refractivity contribution < 1.29 is 19.1 Å². The topological polar surface area (TPSA) is 92.4 Å². The Labute approximate surface area is 178 Å². The summed E-state index contributed by atoms with van der Waals surface area (Å²) in [6, 6.07) is 17.3. The first-order valence-corrected chi connectivity index (χ1v) is 10.7. The third-order valence-corrected chi connectivity index (χ3v) is 6.10. The Morgan fingerprint density at radius 3 is 2.53 bits per heavy atom. The predicted molar refractivity (Wildman–Crippen MR) is 115 cm³/mol. The van der Waals surface area contributed by atoms with Gasteiger partial charge in [-0.3, -0.25) is 14.9 Å². The van der Waals surface area contributed by atoms with Crippen molar-refractivity contribution in [2.75, 3.05) is 0 Å². The number of nitrogens with one attached hydrogen (secondary N) is 1. The molecular weight excluding hydrogens is 400 g/mol. The number of aliphatic hydroxyl groups excluding tert-OH is 1. The molecule has 2 N–H and O–H groups in total. The molecule has 0 aliphatic carbocycles. The van der Waals surface area contributed by atoms with Crippen molar-refractivity contribution in [3.05, 3.63) is 77.2 Å². The minimum Gasteiger partial charge on any atom is -0.441 e. The molecule has 30 heavy (non-hydrogen) atoms. The average Bonchev–Trinajstić information content (AvgIpc) is 3.28. The van der Waals surface area contributed by atoms with Gasteiger partial charge in [0.25, 0.3) is 5.24 Å². The fourth-order valence-corrected chi connectivity index (χ4v) is 4.28. The van der Waals surface area contributed by atoms with Gasteiger partial charge in [0.2, 0.25) is 11.8 Å². The molecule has 1 aliphatic rings. The van der Waals surface area contributed by atoms with Crippen LogP contribution in [0.5, 0.6) is 0 Å². The summed E-state index contributed by atoms with van der Waals surface area (Å²) in [7, 11) is 0. The lowest BCUT2D eigenvalue weighted by Gasteiger charge is -2.12. The van der Waals surface area contributed by atoms with E-state index >= 15 is 0 Å². The summed E-state index contributed by atoms with van der Waals surface area (Å²) in [5, 5.41) is 12.2. The molecule has 2 atom stereocenters. The molecule has 6 nitrogen and oxygen atoms in total. The van der Waals surface area contributed by atoms with E-state index < -0.39 is 6.10 Å². The third-order valence-electron chi connectivity index (χ3n) is 5.12. The zero-order valence-electron chi connectivity index (χ0n) is 16.5. The molecule has 0 spiro atoms. The van der Waals surface area contributed by atoms with Gasteiger partial charge in [-0.05, 0) is 49.4 Å². The van der Waals surface area contributed by atoms with Gasteiger partial charge in [0.1, 0.15) is 5.76 Å². The Kier molecular flexibility index (Phi) is 6.01. The van der Waals surface area contributed by atoms with Crippen LogP contribution in [0.1, 0.15) is 35.1 Å². The van der Waals surface area contributed by atoms with Crippen LogP contribution in [0.25, 0.3) is 11.5 Å². The Balaban J connectivity index is 1.35. The number of aromatic nitrogens is 1. The maximum atomic E-state index is 11.7. The second kappa shape index (κ2) is 8.85. The lowest BCUT2D eigenvalue weighted by Crippen LogP contribution is -2.25. The molecule has 0 radical (unpaired) electrons. The van der Waals surface area contributed by atoms with Gasteiger partial charge in [-0.15, -0.1) is 0 Å². The number of hydrogen-bond donors (Lipinski definition) is 2. The minimum atomic E-state index is -0.624. The van der Waals surface area contributed by atoms with Crippen LogP contribution in [0.4, 0.5) is 4.79 Å². The van der Waals surface area contributed by atoms with E-state index in [0.717, 1.165) is 39.9 Å². The van der Waals surface area contributed by atoms with Gasteiger partial charge in [-0.1, -0.05) is 54.2 Å². The molecule has 1 aromatic heterocycles. The fourth-order valence-electron chi connectivity index (χ4n) is 3.42. The molecule has 1 aliphatic heterocycles. The van der Waals surface area contributed by atoms with E-state index in [9.17, 15) is 14.7 Å². The van der Waals surface area contributed by atoms with Crippen molar-refractivity contribution in [3.63, 3.8) is 0 Å². The number of aryl methyl sites for hydroxylation is 2. The quantitative estimate of drug-likeness (QED) is 0.593. The van der Waals surface area contributed by atoms with E-state index in [1.165, 1.54) is 0 Å². The first-order valence-electron chi connectivity index (χ1n) is 9.79. The third kappa shape index (κ3) is 4.63. The summed E-state index contributed by atoms with van der Waals surface area (Å²) in [5.41, 5.74) is 3.54. The number of nitrogens with zero attached hydrogens (tertiary/aromatic N) is 1. The normalized spacial score (nSPS) is 17.2. The van der Waals surface area contributed by atoms with Crippen LogP contribution < -0.4 is 5.32 Å². The molecular formula is C23H22N2O4S.